The minimum absolute atomic E-state index is 0.0830. The number of hydrogen-bond donors (Lipinski definition) is 1. The van der Waals surface area contributed by atoms with E-state index in [0.29, 0.717) is 25.7 Å². The van der Waals surface area contributed by atoms with Gasteiger partial charge in [-0.1, -0.05) is 18.6 Å². The number of fused-ring (bicyclic) bond motifs is 1. The van der Waals surface area contributed by atoms with Crippen LogP contribution in [0.5, 0.6) is 0 Å². The number of carboxylic acid groups (broad SMARTS) is 1. The number of aliphatic carboxylic acids is 1. The summed E-state index contributed by atoms with van der Waals surface area (Å²) in [6.07, 6.45) is 7.80. The third-order valence-electron chi connectivity index (χ3n) is 4.90. The van der Waals surface area contributed by atoms with Crippen molar-refractivity contribution < 1.29 is 19.5 Å². The highest BCUT2D eigenvalue weighted by molar-refractivity contribution is 6.05. The van der Waals surface area contributed by atoms with Crippen molar-refractivity contribution >= 4 is 17.8 Å². The van der Waals surface area contributed by atoms with Crippen LogP contribution in [0.2, 0.25) is 0 Å². The number of hydrogen-bond acceptors (Lipinski definition) is 3. The van der Waals surface area contributed by atoms with Crippen LogP contribution in [0.15, 0.2) is 12.2 Å². The maximum Gasteiger partial charge on any atom is 0.306 e. The lowest BCUT2D eigenvalue weighted by Crippen LogP contribution is -2.44. The smallest absolute Gasteiger partial charge is 0.306 e. The fourth-order valence-electron chi connectivity index (χ4n) is 3.81. The average molecular weight is 277 g/mol. The molecule has 5 nitrogen and oxygen atoms in total. The van der Waals surface area contributed by atoms with Gasteiger partial charge in [0.05, 0.1) is 17.8 Å². The molecule has 108 valence electrons. The van der Waals surface area contributed by atoms with Crippen LogP contribution >= 0.6 is 0 Å². The summed E-state index contributed by atoms with van der Waals surface area (Å²) in [6.45, 7) is 0. The van der Waals surface area contributed by atoms with Crippen molar-refractivity contribution in [1.29, 1.82) is 0 Å². The molecular weight excluding hydrogens is 258 g/mol. The van der Waals surface area contributed by atoms with Gasteiger partial charge in [-0.05, 0) is 32.1 Å². The third kappa shape index (κ3) is 2.05. The van der Waals surface area contributed by atoms with Gasteiger partial charge in [-0.25, -0.2) is 0 Å². The number of carbonyl (C=O) groups excluding carboxylic acids is 2. The molecule has 0 aromatic rings. The van der Waals surface area contributed by atoms with Gasteiger partial charge in [-0.2, -0.15) is 0 Å². The number of imide groups is 1. The van der Waals surface area contributed by atoms with Gasteiger partial charge in [0.15, 0.2) is 0 Å². The SMILES string of the molecule is O=C(O)C1CCCC(N2C(=O)C3CC=CCC3C2=O)C1. The van der Waals surface area contributed by atoms with Gasteiger partial charge in [0.1, 0.15) is 0 Å². The van der Waals surface area contributed by atoms with Crippen LogP contribution in [0.4, 0.5) is 0 Å². The Labute approximate surface area is 117 Å². The fourth-order valence-corrected chi connectivity index (χ4v) is 3.81. The monoisotopic (exact) mass is 277 g/mol. The summed E-state index contributed by atoms with van der Waals surface area (Å²) < 4.78 is 0. The second kappa shape index (κ2) is 5.04. The van der Waals surface area contributed by atoms with Crippen LogP contribution in [-0.4, -0.2) is 33.8 Å². The predicted molar refractivity (Wildman–Crippen MR) is 70.6 cm³/mol. The summed E-state index contributed by atoms with van der Waals surface area (Å²) in [5, 5.41) is 9.14. The summed E-state index contributed by atoms with van der Waals surface area (Å²) in [7, 11) is 0. The first-order chi connectivity index (χ1) is 9.59. The van der Waals surface area contributed by atoms with Crippen molar-refractivity contribution in [2.75, 3.05) is 0 Å². The predicted octanol–water partition coefficient (Wildman–Crippen LogP) is 1.58. The normalized spacial score (nSPS) is 37.1. The fraction of sp³-hybridized carbons (Fsp3) is 0.667. The first-order valence-electron chi connectivity index (χ1n) is 7.34. The van der Waals surface area contributed by atoms with Gasteiger partial charge in [0, 0.05) is 6.04 Å². The van der Waals surface area contributed by atoms with Crippen molar-refractivity contribution in [2.24, 2.45) is 17.8 Å². The Hall–Kier alpha value is -1.65. The van der Waals surface area contributed by atoms with Crippen LogP contribution in [0.3, 0.4) is 0 Å². The zero-order valence-corrected chi connectivity index (χ0v) is 11.3. The maximum absolute atomic E-state index is 12.4. The minimum Gasteiger partial charge on any atom is -0.481 e. The van der Waals surface area contributed by atoms with E-state index in [2.05, 4.69) is 0 Å². The van der Waals surface area contributed by atoms with Crippen molar-refractivity contribution in [3.05, 3.63) is 12.2 Å². The van der Waals surface area contributed by atoms with E-state index in [0.717, 1.165) is 12.8 Å². The van der Waals surface area contributed by atoms with E-state index in [-0.39, 0.29) is 29.7 Å². The lowest BCUT2D eigenvalue weighted by molar-refractivity contribution is -0.149. The molecule has 0 spiro atoms. The highest BCUT2D eigenvalue weighted by atomic mass is 16.4. The number of nitrogens with zero attached hydrogens (tertiary/aromatic N) is 1. The number of rotatable bonds is 2. The molecule has 0 aromatic heterocycles. The van der Waals surface area contributed by atoms with E-state index in [9.17, 15) is 14.4 Å². The molecule has 2 fully saturated rings. The number of carboxylic acids is 1. The van der Waals surface area contributed by atoms with Crippen LogP contribution in [-0.2, 0) is 14.4 Å². The lowest BCUT2D eigenvalue weighted by atomic mass is 9.85. The summed E-state index contributed by atoms with van der Waals surface area (Å²) in [4.78, 5) is 37.4. The Kier molecular flexibility index (Phi) is 3.36. The summed E-state index contributed by atoms with van der Waals surface area (Å²) in [5.74, 6) is -1.82. The molecule has 0 bridgehead atoms. The topological polar surface area (TPSA) is 74.7 Å². The molecule has 1 aliphatic heterocycles. The molecule has 4 atom stereocenters. The molecule has 3 aliphatic rings. The number of likely N-dealkylation sites (tertiary alicyclic amines) is 1. The molecule has 1 saturated carbocycles. The molecule has 2 amide bonds. The molecule has 5 heteroatoms. The third-order valence-corrected chi connectivity index (χ3v) is 4.90. The van der Waals surface area contributed by atoms with Gasteiger partial charge in [0.2, 0.25) is 11.8 Å². The highest BCUT2D eigenvalue weighted by Crippen LogP contribution is 2.39. The van der Waals surface area contributed by atoms with E-state index in [1.807, 2.05) is 12.2 Å². The van der Waals surface area contributed by atoms with Crippen molar-refractivity contribution in [3.8, 4) is 0 Å². The van der Waals surface area contributed by atoms with Crippen LogP contribution in [0.1, 0.15) is 38.5 Å². The molecule has 0 radical (unpaired) electrons. The van der Waals surface area contributed by atoms with Crippen molar-refractivity contribution in [1.82, 2.24) is 4.90 Å². The van der Waals surface area contributed by atoms with Gasteiger partial charge < -0.3 is 5.11 Å². The van der Waals surface area contributed by atoms with Gasteiger partial charge >= 0.3 is 5.97 Å². The molecule has 1 N–H and O–H groups in total. The average Bonchev–Trinajstić information content (AvgIpc) is 2.72. The van der Waals surface area contributed by atoms with Crippen LogP contribution in [0.25, 0.3) is 0 Å². The molecule has 1 saturated heterocycles. The van der Waals surface area contributed by atoms with Crippen molar-refractivity contribution in [2.45, 2.75) is 44.6 Å². The molecular formula is C15H19NO4. The lowest BCUT2D eigenvalue weighted by Gasteiger charge is -2.32. The summed E-state index contributed by atoms with van der Waals surface area (Å²) in [6, 6.07) is -0.213. The maximum atomic E-state index is 12.4. The molecule has 2 aliphatic carbocycles. The second-order valence-electron chi connectivity index (χ2n) is 6.06. The zero-order chi connectivity index (χ0) is 14.3. The van der Waals surface area contributed by atoms with E-state index in [4.69, 9.17) is 5.11 Å². The standard InChI is InChI=1S/C15H19NO4/c17-13-11-6-1-2-7-12(11)14(18)16(13)10-5-3-4-9(8-10)15(19)20/h1-2,9-12H,3-8H2,(H,19,20). The minimum atomic E-state index is -0.812. The van der Waals surface area contributed by atoms with Crippen LogP contribution in [0, 0.1) is 17.8 Å². The number of allylic oxidation sites excluding steroid dienone is 2. The Balaban J connectivity index is 1.78. The summed E-state index contributed by atoms with van der Waals surface area (Å²) >= 11 is 0. The van der Waals surface area contributed by atoms with E-state index in [1.165, 1.54) is 4.90 Å². The first-order valence-corrected chi connectivity index (χ1v) is 7.34. The van der Waals surface area contributed by atoms with Crippen molar-refractivity contribution in [3.63, 3.8) is 0 Å². The second-order valence-corrected chi connectivity index (χ2v) is 6.06. The molecule has 3 rings (SSSR count). The largest absolute Gasteiger partial charge is 0.481 e. The molecule has 4 unspecified atom stereocenters. The Morgan fingerprint density at radius 3 is 2.25 bits per heavy atom. The Morgan fingerprint density at radius 2 is 1.70 bits per heavy atom. The quantitative estimate of drug-likeness (QED) is 0.614. The summed E-state index contributed by atoms with van der Waals surface area (Å²) in [5.41, 5.74) is 0. The van der Waals surface area contributed by atoms with Gasteiger partial charge in [0.25, 0.3) is 0 Å². The highest BCUT2D eigenvalue weighted by Gasteiger charge is 2.50. The molecule has 0 aromatic carbocycles. The van der Waals surface area contributed by atoms with Gasteiger partial charge in [-0.15, -0.1) is 0 Å². The first kappa shape index (κ1) is 13.3. The van der Waals surface area contributed by atoms with E-state index in [1.54, 1.807) is 0 Å². The van der Waals surface area contributed by atoms with Crippen LogP contribution < -0.4 is 0 Å². The van der Waals surface area contributed by atoms with Gasteiger partial charge in [-0.3, -0.25) is 19.3 Å². The molecule has 20 heavy (non-hydrogen) atoms. The number of amides is 2. The van der Waals surface area contributed by atoms with E-state index >= 15 is 0 Å². The van der Waals surface area contributed by atoms with E-state index < -0.39 is 11.9 Å². The zero-order valence-electron chi connectivity index (χ0n) is 11.3. The Bertz CT molecular complexity index is 458. The number of carbonyl (C=O) groups is 3. The Morgan fingerprint density at radius 1 is 1.10 bits per heavy atom. The molecule has 1 heterocycles.